The van der Waals surface area contributed by atoms with Gasteiger partial charge < -0.3 is 15.8 Å². The molecule has 19 heavy (non-hydrogen) atoms. The summed E-state index contributed by atoms with van der Waals surface area (Å²) >= 11 is 0. The van der Waals surface area contributed by atoms with Crippen LogP contribution < -0.4 is 11.1 Å². The fourth-order valence-corrected chi connectivity index (χ4v) is 3.02. The lowest BCUT2D eigenvalue weighted by atomic mass is 9.86. The minimum absolute atomic E-state index is 0.00722. The average Bonchev–Trinajstić information content (AvgIpc) is 2.86. The third kappa shape index (κ3) is 2.15. The highest BCUT2D eigenvalue weighted by molar-refractivity contribution is 5.96. The Morgan fingerprint density at radius 1 is 1.47 bits per heavy atom. The molecule has 1 aromatic rings. The Morgan fingerprint density at radius 3 is 3.05 bits per heavy atom. The van der Waals surface area contributed by atoms with Gasteiger partial charge in [0.2, 0.25) is 0 Å². The molecule has 2 atom stereocenters. The molecular weight excluding hydrogens is 240 g/mol. The van der Waals surface area contributed by atoms with Crippen molar-refractivity contribution in [3.8, 4) is 0 Å². The van der Waals surface area contributed by atoms with Gasteiger partial charge in [0.25, 0.3) is 5.91 Å². The van der Waals surface area contributed by atoms with Crippen LogP contribution in [0, 0.1) is 0 Å². The van der Waals surface area contributed by atoms with Crippen molar-refractivity contribution in [2.24, 2.45) is 5.73 Å². The van der Waals surface area contributed by atoms with Gasteiger partial charge >= 0.3 is 0 Å². The van der Waals surface area contributed by atoms with Crippen molar-refractivity contribution in [1.29, 1.82) is 0 Å². The lowest BCUT2D eigenvalue weighted by molar-refractivity contribution is -0.00176. The second-order valence-electron chi connectivity index (χ2n) is 5.66. The first kappa shape index (κ1) is 12.6. The highest BCUT2D eigenvalue weighted by Crippen LogP contribution is 2.36. The molecule has 4 heteroatoms. The van der Waals surface area contributed by atoms with Crippen LogP contribution in [0.3, 0.4) is 0 Å². The molecule has 0 spiro atoms. The summed E-state index contributed by atoms with van der Waals surface area (Å²) in [4.78, 5) is 11.9. The van der Waals surface area contributed by atoms with Crippen LogP contribution in [0.5, 0.6) is 0 Å². The van der Waals surface area contributed by atoms with Crippen molar-refractivity contribution in [2.45, 2.75) is 37.8 Å². The van der Waals surface area contributed by atoms with E-state index in [0.29, 0.717) is 0 Å². The maximum atomic E-state index is 11.9. The number of amides is 1. The first-order valence-corrected chi connectivity index (χ1v) is 6.91. The van der Waals surface area contributed by atoms with Gasteiger partial charge in [0.05, 0.1) is 11.6 Å². The van der Waals surface area contributed by atoms with Crippen molar-refractivity contribution >= 4 is 5.91 Å². The summed E-state index contributed by atoms with van der Waals surface area (Å²) in [6, 6.07) is 5.81. The Balaban J connectivity index is 1.93. The minimum Gasteiger partial charge on any atom is -0.373 e. The molecule has 2 heterocycles. The van der Waals surface area contributed by atoms with Crippen LogP contribution in [0.1, 0.15) is 47.3 Å². The summed E-state index contributed by atoms with van der Waals surface area (Å²) in [5.41, 5.74) is 8.91. The van der Waals surface area contributed by atoms with Gasteiger partial charge in [-0.3, -0.25) is 4.79 Å². The number of nitrogens with one attached hydrogen (secondary N) is 1. The summed E-state index contributed by atoms with van der Waals surface area (Å²) in [6.07, 6.45) is 2.91. The second kappa shape index (κ2) is 4.62. The van der Waals surface area contributed by atoms with E-state index in [0.717, 1.165) is 49.1 Å². The van der Waals surface area contributed by atoms with Gasteiger partial charge in [-0.15, -0.1) is 0 Å². The normalized spacial score (nSPS) is 27.8. The zero-order valence-electron chi connectivity index (χ0n) is 11.2. The van der Waals surface area contributed by atoms with E-state index in [-0.39, 0.29) is 17.6 Å². The van der Waals surface area contributed by atoms with Crippen LogP contribution in [0.2, 0.25) is 0 Å². The Hall–Kier alpha value is -1.39. The van der Waals surface area contributed by atoms with Crippen LogP contribution in [0.15, 0.2) is 18.2 Å². The maximum absolute atomic E-state index is 11.9. The molecule has 2 aliphatic rings. The fourth-order valence-electron chi connectivity index (χ4n) is 3.02. The number of hydrogen-bond acceptors (Lipinski definition) is 3. The predicted molar refractivity (Wildman–Crippen MR) is 73.0 cm³/mol. The molecule has 102 valence electrons. The van der Waals surface area contributed by atoms with Crippen LogP contribution in [0.4, 0.5) is 0 Å². The van der Waals surface area contributed by atoms with Gasteiger partial charge in [0.15, 0.2) is 0 Å². The van der Waals surface area contributed by atoms with Gasteiger partial charge in [-0.25, -0.2) is 0 Å². The second-order valence-corrected chi connectivity index (χ2v) is 5.66. The van der Waals surface area contributed by atoms with Gasteiger partial charge in [0, 0.05) is 18.7 Å². The largest absolute Gasteiger partial charge is 0.373 e. The third-order valence-corrected chi connectivity index (χ3v) is 4.32. The van der Waals surface area contributed by atoms with Crippen molar-refractivity contribution in [1.82, 2.24) is 5.32 Å². The van der Waals surface area contributed by atoms with Gasteiger partial charge in [-0.2, -0.15) is 0 Å². The number of fused-ring (bicyclic) bond motifs is 1. The molecule has 0 saturated carbocycles. The summed E-state index contributed by atoms with van der Waals surface area (Å²) in [5, 5.41) is 2.87. The Bertz CT molecular complexity index is 507. The molecule has 1 fully saturated rings. The predicted octanol–water partition coefficient (Wildman–Crippen LogP) is 1.54. The first-order chi connectivity index (χ1) is 9.10. The van der Waals surface area contributed by atoms with E-state index in [1.165, 1.54) is 0 Å². The molecular formula is C15H20N2O2. The van der Waals surface area contributed by atoms with Gasteiger partial charge in [-0.1, -0.05) is 12.1 Å². The average molecular weight is 260 g/mol. The van der Waals surface area contributed by atoms with E-state index in [1.54, 1.807) is 0 Å². The third-order valence-electron chi connectivity index (χ3n) is 4.32. The van der Waals surface area contributed by atoms with Crippen LogP contribution in [-0.2, 0) is 11.2 Å². The Labute approximate surface area is 113 Å². The number of nitrogens with two attached hydrogens (primary N) is 1. The van der Waals surface area contributed by atoms with Crippen LogP contribution in [-0.4, -0.2) is 24.7 Å². The zero-order chi connectivity index (χ0) is 13.5. The molecule has 1 aromatic carbocycles. The van der Waals surface area contributed by atoms with E-state index in [1.807, 2.05) is 18.2 Å². The lowest BCUT2D eigenvalue weighted by Gasteiger charge is -2.31. The van der Waals surface area contributed by atoms with Crippen molar-refractivity contribution in [3.05, 3.63) is 34.9 Å². The zero-order valence-corrected chi connectivity index (χ0v) is 11.2. The maximum Gasteiger partial charge on any atom is 0.251 e. The number of rotatable bonds is 2. The number of carbonyl (C=O) groups excluding carboxylic acids is 1. The molecule has 2 aliphatic heterocycles. The molecule has 4 nitrogen and oxygen atoms in total. The topological polar surface area (TPSA) is 64.4 Å². The molecule has 1 amide bonds. The molecule has 2 unspecified atom stereocenters. The van der Waals surface area contributed by atoms with Crippen LogP contribution in [0.25, 0.3) is 0 Å². The van der Waals surface area contributed by atoms with Crippen LogP contribution >= 0.6 is 0 Å². The molecule has 0 aliphatic carbocycles. The highest BCUT2D eigenvalue weighted by atomic mass is 16.5. The molecule has 1 saturated heterocycles. The number of carbonyl (C=O) groups is 1. The van der Waals surface area contributed by atoms with Crippen molar-refractivity contribution in [3.63, 3.8) is 0 Å². The SMILES string of the molecule is CC1(C(N)c2ccc3c(c2)C(=O)NCC3)CCCO1. The van der Waals surface area contributed by atoms with Gasteiger partial charge in [-0.05, 0) is 43.4 Å². The van der Waals surface area contributed by atoms with E-state index < -0.39 is 0 Å². The Morgan fingerprint density at radius 2 is 2.32 bits per heavy atom. The Kier molecular flexibility index (Phi) is 3.07. The molecule has 0 aromatic heterocycles. The van der Waals surface area contributed by atoms with E-state index >= 15 is 0 Å². The number of hydrogen-bond donors (Lipinski definition) is 2. The summed E-state index contributed by atoms with van der Waals surface area (Å²) in [6.45, 7) is 3.55. The molecule has 0 bridgehead atoms. The van der Waals surface area contributed by atoms with E-state index in [4.69, 9.17) is 10.5 Å². The van der Waals surface area contributed by atoms with E-state index in [2.05, 4.69) is 12.2 Å². The monoisotopic (exact) mass is 260 g/mol. The smallest absolute Gasteiger partial charge is 0.251 e. The standard InChI is InChI=1S/C15H20N2O2/c1-15(6-2-8-19-15)13(16)11-4-3-10-5-7-17-14(18)12(10)9-11/h3-4,9,13H,2,5-8,16H2,1H3,(H,17,18). The van der Waals surface area contributed by atoms with Gasteiger partial charge in [0.1, 0.15) is 0 Å². The van der Waals surface area contributed by atoms with E-state index in [9.17, 15) is 4.79 Å². The summed E-state index contributed by atoms with van der Waals surface area (Å²) < 4.78 is 5.80. The number of benzene rings is 1. The lowest BCUT2D eigenvalue weighted by Crippen LogP contribution is -2.38. The fraction of sp³-hybridized carbons (Fsp3) is 0.533. The van der Waals surface area contributed by atoms with Crippen molar-refractivity contribution in [2.75, 3.05) is 13.2 Å². The summed E-state index contributed by atoms with van der Waals surface area (Å²) in [7, 11) is 0. The quantitative estimate of drug-likeness (QED) is 0.847. The minimum atomic E-state index is -0.306. The highest BCUT2D eigenvalue weighted by Gasteiger charge is 2.37. The number of ether oxygens (including phenoxy) is 1. The molecule has 3 N–H and O–H groups in total. The first-order valence-electron chi connectivity index (χ1n) is 6.91. The van der Waals surface area contributed by atoms with Crippen molar-refractivity contribution < 1.29 is 9.53 Å². The molecule has 0 radical (unpaired) electrons. The summed E-state index contributed by atoms with van der Waals surface area (Å²) in [5.74, 6) is 0.00722. The molecule has 3 rings (SSSR count).